The highest BCUT2D eigenvalue weighted by atomic mass is 16.5. The Morgan fingerprint density at radius 3 is 2.59 bits per heavy atom. The highest BCUT2D eigenvalue weighted by molar-refractivity contribution is 5.85. The van der Waals surface area contributed by atoms with Gasteiger partial charge in [-0.2, -0.15) is 0 Å². The van der Waals surface area contributed by atoms with E-state index in [0.29, 0.717) is 32.0 Å². The second kappa shape index (κ2) is 12.6. The van der Waals surface area contributed by atoms with Gasteiger partial charge in [0.15, 0.2) is 0 Å². The van der Waals surface area contributed by atoms with Gasteiger partial charge >= 0.3 is 6.09 Å². The van der Waals surface area contributed by atoms with Gasteiger partial charge in [-0.1, -0.05) is 57.2 Å². The van der Waals surface area contributed by atoms with Crippen LogP contribution in [0.1, 0.15) is 57.4 Å². The third-order valence-corrected chi connectivity index (χ3v) is 6.80. The van der Waals surface area contributed by atoms with Gasteiger partial charge in [-0.15, -0.1) is 0 Å². The number of aliphatic hydroxyl groups is 1. The average Bonchev–Trinajstić information content (AvgIpc) is 3.05. The van der Waals surface area contributed by atoms with Gasteiger partial charge in [-0.05, 0) is 24.8 Å². The maximum absolute atomic E-state index is 13.1. The van der Waals surface area contributed by atoms with Crippen LogP contribution in [0.3, 0.4) is 0 Å². The van der Waals surface area contributed by atoms with Crippen molar-refractivity contribution < 1.29 is 29.3 Å². The summed E-state index contributed by atoms with van der Waals surface area (Å²) in [7, 11) is 0. The van der Waals surface area contributed by atoms with Crippen LogP contribution in [0.15, 0.2) is 24.3 Å². The quantitative estimate of drug-likeness (QED) is 0.435. The van der Waals surface area contributed by atoms with Crippen molar-refractivity contribution in [3.8, 4) is 5.75 Å². The summed E-state index contributed by atoms with van der Waals surface area (Å²) in [6.45, 7) is 2.75. The molecular weight excluding hydrogens is 438 g/mol. The van der Waals surface area contributed by atoms with E-state index in [4.69, 9.17) is 4.74 Å². The van der Waals surface area contributed by atoms with Crippen molar-refractivity contribution in [1.82, 2.24) is 15.5 Å². The number of nitrogens with one attached hydrogen (secondary N) is 2. The van der Waals surface area contributed by atoms with E-state index in [1.807, 2.05) is 24.3 Å². The Hall–Kier alpha value is -2.81. The molecule has 0 bridgehead atoms. The zero-order valence-electron chi connectivity index (χ0n) is 19.9. The van der Waals surface area contributed by atoms with E-state index in [9.17, 15) is 24.6 Å². The first-order valence-electron chi connectivity index (χ1n) is 12.3. The van der Waals surface area contributed by atoms with Crippen molar-refractivity contribution in [2.45, 2.75) is 70.5 Å². The second-order valence-corrected chi connectivity index (χ2v) is 9.48. The first-order chi connectivity index (χ1) is 16.4. The molecule has 9 heteroatoms. The molecule has 1 unspecified atom stereocenters. The molecule has 3 rings (SSSR count). The molecule has 0 saturated heterocycles. The molecule has 0 spiro atoms. The highest BCUT2D eigenvalue weighted by Crippen LogP contribution is 2.28. The first kappa shape index (κ1) is 25.8. The summed E-state index contributed by atoms with van der Waals surface area (Å²) in [5.41, 5.74) is 0.942. The Bertz CT molecular complexity index is 842. The zero-order valence-corrected chi connectivity index (χ0v) is 19.9. The monoisotopic (exact) mass is 475 g/mol. The van der Waals surface area contributed by atoms with Crippen molar-refractivity contribution in [1.29, 1.82) is 0 Å². The molecule has 34 heavy (non-hydrogen) atoms. The topological polar surface area (TPSA) is 128 Å². The Labute approximate surface area is 200 Å². The summed E-state index contributed by atoms with van der Waals surface area (Å²) in [5.74, 6) is 0.115. The van der Waals surface area contributed by atoms with E-state index in [1.54, 1.807) is 11.8 Å². The summed E-state index contributed by atoms with van der Waals surface area (Å²) in [5, 5.41) is 24.2. The van der Waals surface area contributed by atoms with E-state index >= 15 is 0 Å². The Kier molecular flexibility index (Phi) is 9.56. The molecule has 188 valence electrons. The number of ether oxygens (including phenoxy) is 1. The van der Waals surface area contributed by atoms with Crippen molar-refractivity contribution in [3.63, 3.8) is 0 Å². The van der Waals surface area contributed by atoms with Crippen LogP contribution in [0, 0.1) is 11.8 Å². The molecular formula is C25H37N3O6. The predicted molar refractivity (Wildman–Crippen MR) is 126 cm³/mol. The number of amides is 3. The number of carbonyl (C=O) groups excluding carboxylic acids is 2. The maximum Gasteiger partial charge on any atom is 0.405 e. The molecule has 9 nitrogen and oxygen atoms in total. The summed E-state index contributed by atoms with van der Waals surface area (Å²) in [4.78, 5) is 39.0. The summed E-state index contributed by atoms with van der Waals surface area (Å²) >= 11 is 0. The van der Waals surface area contributed by atoms with Crippen molar-refractivity contribution >= 4 is 17.9 Å². The molecule has 2 aliphatic rings. The molecule has 1 saturated carbocycles. The lowest BCUT2D eigenvalue weighted by Gasteiger charge is -2.29. The second-order valence-electron chi connectivity index (χ2n) is 9.48. The van der Waals surface area contributed by atoms with Gasteiger partial charge < -0.3 is 30.5 Å². The summed E-state index contributed by atoms with van der Waals surface area (Å²) in [6.07, 6.45) is 4.79. The van der Waals surface area contributed by atoms with Gasteiger partial charge in [0.05, 0.1) is 19.2 Å². The molecule has 3 atom stereocenters. The van der Waals surface area contributed by atoms with Crippen molar-refractivity contribution in [2.24, 2.45) is 11.8 Å². The first-order valence-corrected chi connectivity index (χ1v) is 12.3. The van der Waals surface area contributed by atoms with Crippen LogP contribution >= 0.6 is 0 Å². The SMILES string of the molecule is CC(C[C@@H](CO)NC(=O)[C@H](CC1CCCCC1)NC(=O)O)C(=O)N1CCOc2ccccc2C1. The Morgan fingerprint density at radius 1 is 1.15 bits per heavy atom. The normalized spacial score (nSPS) is 19.1. The van der Waals surface area contributed by atoms with Crippen LogP contribution in [0.2, 0.25) is 0 Å². The minimum atomic E-state index is -1.25. The molecule has 1 aromatic rings. The number of hydrogen-bond donors (Lipinski definition) is 4. The summed E-state index contributed by atoms with van der Waals surface area (Å²) in [6, 6.07) is 6.11. The average molecular weight is 476 g/mol. The van der Waals surface area contributed by atoms with Crippen LogP contribution in [-0.2, 0) is 16.1 Å². The fraction of sp³-hybridized carbons (Fsp3) is 0.640. The van der Waals surface area contributed by atoms with E-state index in [1.165, 1.54) is 6.42 Å². The Balaban J connectivity index is 1.57. The molecule has 3 amide bonds. The number of carbonyl (C=O) groups is 3. The third kappa shape index (κ3) is 7.35. The van der Waals surface area contributed by atoms with Gasteiger partial charge in [0.2, 0.25) is 11.8 Å². The molecule has 1 fully saturated rings. The minimum absolute atomic E-state index is 0.0737. The fourth-order valence-electron chi connectivity index (χ4n) is 4.97. The third-order valence-electron chi connectivity index (χ3n) is 6.80. The molecule has 1 aliphatic carbocycles. The van der Waals surface area contributed by atoms with Gasteiger partial charge in [-0.3, -0.25) is 9.59 Å². The zero-order chi connectivity index (χ0) is 24.5. The molecule has 0 radical (unpaired) electrons. The van der Waals surface area contributed by atoms with Gasteiger partial charge in [0, 0.05) is 18.0 Å². The number of rotatable bonds is 9. The minimum Gasteiger partial charge on any atom is -0.491 e. The number of carboxylic acid groups (broad SMARTS) is 1. The number of nitrogens with zero attached hydrogens (tertiary/aromatic N) is 1. The van der Waals surface area contributed by atoms with E-state index in [-0.39, 0.29) is 18.9 Å². The fourth-order valence-corrected chi connectivity index (χ4v) is 4.97. The number of aliphatic hydroxyl groups excluding tert-OH is 1. The van der Waals surface area contributed by atoms with Crippen LogP contribution in [-0.4, -0.2) is 64.9 Å². The summed E-state index contributed by atoms with van der Waals surface area (Å²) < 4.78 is 5.74. The largest absolute Gasteiger partial charge is 0.491 e. The lowest BCUT2D eigenvalue weighted by Crippen LogP contribution is -2.51. The van der Waals surface area contributed by atoms with Crippen molar-refractivity contribution in [2.75, 3.05) is 19.8 Å². The van der Waals surface area contributed by atoms with Crippen LogP contribution in [0.25, 0.3) is 0 Å². The van der Waals surface area contributed by atoms with E-state index in [0.717, 1.165) is 37.0 Å². The molecule has 1 aliphatic heterocycles. The molecule has 4 N–H and O–H groups in total. The molecule has 1 aromatic carbocycles. The molecule has 0 aromatic heterocycles. The van der Waals surface area contributed by atoms with Crippen LogP contribution < -0.4 is 15.4 Å². The van der Waals surface area contributed by atoms with Gasteiger partial charge in [0.25, 0.3) is 0 Å². The van der Waals surface area contributed by atoms with Crippen molar-refractivity contribution in [3.05, 3.63) is 29.8 Å². The van der Waals surface area contributed by atoms with Crippen LogP contribution in [0.5, 0.6) is 5.75 Å². The lowest BCUT2D eigenvalue weighted by molar-refractivity contribution is -0.136. The number of benzene rings is 1. The van der Waals surface area contributed by atoms with Gasteiger partial charge in [-0.25, -0.2) is 4.79 Å². The van der Waals surface area contributed by atoms with Gasteiger partial charge in [0.1, 0.15) is 18.4 Å². The maximum atomic E-state index is 13.1. The van der Waals surface area contributed by atoms with E-state index in [2.05, 4.69) is 10.6 Å². The number of para-hydroxylation sites is 1. The lowest BCUT2D eigenvalue weighted by atomic mass is 9.84. The number of hydrogen-bond acceptors (Lipinski definition) is 5. The Morgan fingerprint density at radius 2 is 1.88 bits per heavy atom. The predicted octanol–water partition coefficient (Wildman–Crippen LogP) is 2.52. The smallest absolute Gasteiger partial charge is 0.405 e. The molecule has 1 heterocycles. The standard InChI is InChI=1S/C25H37N3O6/c1-17(24(31)28-11-12-34-22-10-6-5-9-19(22)15-28)13-20(16-29)26-23(30)21(27-25(32)33)14-18-7-3-2-4-8-18/h5-6,9-10,17-18,20-21,27,29H,2-4,7-8,11-16H2,1H3,(H,26,30)(H,32,33)/t17?,20-,21-/m0/s1. The highest BCUT2D eigenvalue weighted by Gasteiger charge is 2.30. The number of fused-ring (bicyclic) bond motifs is 1. The van der Waals surface area contributed by atoms with Crippen LogP contribution in [0.4, 0.5) is 4.79 Å². The van der Waals surface area contributed by atoms with E-state index < -0.39 is 30.0 Å².